The van der Waals surface area contributed by atoms with Gasteiger partial charge in [-0.05, 0) is 56.3 Å². The molecule has 3 aromatic carbocycles. The molecule has 2 heterocycles. The van der Waals surface area contributed by atoms with Crippen LogP contribution in [0.2, 0.25) is 0 Å². The Balaban J connectivity index is 1.24. The molecule has 216 valence electrons. The van der Waals surface area contributed by atoms with Crippen LogP contribution in [-0.4, -0.2) is 28.0 Å². The summed E-state index contributed by atoms with van der Waals surface area (Å²) in [7, 11) is 0. The van der Waals surface area contributed by atoms with Gasteiger partial charge in [0, 0.05) is 32.7 Å². The topological polar surface area (TPSA) is 113 Å². The van der Waals surface area contributed by atoms with Crippen molar-refractivity contribution in [1.29, 1.82) is 0 Å². The van der Waals surface area contributed by atoms with Crippen LogP contribution in [0.5, 0.6) is 0 Å². The standard InChI is InChI=1S/C33H28N4O4S2/c1-21-29(23-11-5-3-6-12-23)36-33(43-21)37-30(38)22(2)42-27-17-9-15-25(19-27)34-32(40)28(20-26-16-10-18-41-26)35-31(39)24-13-7-4-8-14-24/h3-20,22H,1-2H3,(H,34,40)(H,35,39)(H,36,37,38)/b28-20-. The minimum Gasteiger partial charge on any atom is -0.465 e. The van der Waals surface area contributed by atoms with Gasteiger partial charge in [0.1, 0.15) is 11.5 Å². The summed E-state index contributed by atoms with van der Waals surface area (Å²) in [6.45, 7) is 3.79. The molecule has 0 radical (unpaired) electrons. The number of nitrogens with one attached hydrogen (secondary N) is 3. The number of amides is 3. The second kappa shape index (κ2) is 13.8. The predicted molar refractivity (Wildman–Crippen MR) is 172 cm³/mol. The average Bonchev–Trinajstić information content (AvgIpc) is 3.67. The van der Waals surface area contributed by atoms with Crippen molar-refractivity contribution in [1.82, 2.24) is 10.3 Å². The number of carbonyl (C=O) groups excluding carboxylic acids is 3. The number of aryl methyl sites for hydroxylation is 1. The van der Waals surface area contributed by atoms with E-state index in [2.05, 4.69) is 20.9 Å². The maximum Gasteiger partial charge on any atom is 0.272 e. The Hall–Kier alpha value is -4.93. The van der Waals surface area contributed by atoms with E-state index in [0.717, 1.165) is 21.0 Å². The van der Waals surface area contributed by atoms with Gasteiger partial charge < -0.3 is 20.4 Å². The second-order valence-corrected chi connectivity index (χ2v) is 12.0. The van der Waals surface area contributed by atoms with E-state index in [4.69, 9.17) is 4.42 Å². The van der Waals surface area contributed by atoms with Gasteiger partial charge in [-0.2, -0.15) is 0 Å². The Morgan fingerprint density at radius 3 is 2.37 bits per heavy atom. The maximum absolute atomic E-state index is 13.3. The SMILES string of the molecule is Cc1sc(NC(=O)C(C)Sc2cccc(NC(=O)/C(=C/c3ccco3)NC(=O)c3ccccc3)c2)nc1-c1ccccc1. The number of benzene rings is 3. The van der Waals surface area contributed by atoms with Crippen LogP contribution in [0.15, 0.2) is 118 Å². The van der Waals surface area contributed by atoms with Crippen LogP contribution in [-0.2, 0) is 9.59 Å². The van der Waals surface area contributed by atoms with Crippen molar-refractivity contribution in [3.05, 3.63) is 125 Å². The molecule has 10 heteroatoms. The van der Waals surface area contributed by atoms with E-state index >= 15 is 0 Å². The molecule has 3 N–H and O–H groups in total. The van der Waals surface area contributed by atoms with Crippen molar-refractivity contribution in [2.45, 2.75) is 24.0 Å². The summed E-state index contributed by atoms with van der Waals surface area (Å²) in [6, 6.07) is 29.0. The Labute approximate surface area is 257 Å². The summed E-state index contributed by atoms with van der Waals surface area (Å²) in [5, 5.41) is 8.55. The molecule has 5 aromatic rings. The maximum atomic E-state index is 13.3. The normalized spacial score (nSPS) is 11.9. The molecule has 1 atom stereocenters. The lowest BCUT2D eigenvalue weighted by Gasteiger charge is -2.13. The highest BCUT2D eigenvalue weighted by Crippen LogP contribution is 2.32. The van der Waals surface area contributed by atoms with Crippen molar-refractivity contribution in [2.24, 2.45) is 0 Å². The molecule has 0 saturated heterocycles. The summed E-state index contributed by atoms with van der Waals surface area (Å²) < 4.78 is 5.36. The van der Waals surface area contributed by atoms with Crippen molar-refractivity contribution in [2.75, 3.05) is 10.6 Å². The van der Waals surface area contributed by atoms with Crippen molar-refractivity contribution in [3.63, 3.8) is 0 Å². The van der Waals surface area contributed by atoms with Crippen LogP contribution in [0, 0.1) is 6.92 Å². The molecule has 0 aliphatic carbocycles. The molecule has 3 amide bonds. The van der Waals surface area contributed by atoms with Crippen LogP contribution in [0.1, 0.15) is 27.9 Å². The molecular weight excluding hydrogens is 581 g/mol. The zero-order valence-corrected chi connectivity index (χ0v) is 25.0. The lowest BCUT2D eigenvalue weighted by atomic mass is 10.1. The molecule has 5 rings (SSSR count). The van der Waals surface area contributed by atoms with Gasteiger partial charge in [0.2, 0.25) is 5.91 Å². The van der Waals surface area contributed by atoms with Gasteiger partial charge in [-0.1, -0.05) is 54.6 Å². The van der Waals surface area contributed by atoms with E-state index in [1.165, 1.54) is 35.4 Å². The number of anilines is 2. The zero-order chi connectivity index (χ0) is 30.2. The quantitative estimate of drug-likeness (QED) is 0.114. The molecule has 0 bridgehead atoms. The van der Waals surface area contributed by atoms with E-state index in [1.807, 2.05) is 50.2 Å². The van der Waals surface area contributed by atoms with E-state index < -0.39 is 17.1 Å². The van der Waals surface area contributed by atoms with Crippen LogP contribution in [0.4, 0.5) is 10.8 Å². The van der Waals surface area contributed by atoms with Gasteiger partial charge in [-0.3, -0.25) is 14.4 Å². The van der Waals surface area contributed by atoms with Gasteiger partial charge in [-0.25, -0.2) is 4.98 Å². The minimum atomic E-state index is -0.526. The fourth-order valence-electron chi connectivity index (χ4n) is 4.08. The summed E-state index contributed by atoms with van der Waals surface area (Å²) in [5.74, 6) is -0.722. The molecule has 43 heavy (non-hydrogen) atoms. The second-order valence-electron chi connectivity index (χ2n) is 9.41. The van der Waals surface area contributed by atoms with Crippen molar-refractivity contribution >= 4 is 57.7 Å². The molecule has 0 saturated carbocycles. The number of aromatic nitrogens is 1. The summed E-state index contributed by atoms with van der Waals surface area (Å²) in [4.78, 5) is 45.5. The van der Waals surface area contributed by atoms with Crippen molar-refractivity contribution in [3.8, 4) is 11.3 Å². The monoisotopic (exact) mass is 608 g/mol. The lowest BCUT2D eigenvalue weighted by Crippen LogP contribution is -2.30. The van der Waals surface area contributed by atoms with Crippen LogP contribution in [0.3, 0.4) is 0 Å². The highest BCUT2D eigenvalue weighted by Gasteiger charge is 2.19. The van der Waals surface area contributed by atoms with Crippen LogP contribution >= 0.6 is 23.1 Å². The largest absolute Gasteiger partial charge is 0.465 e. The van der Waals surface area contributed by atoms with Gasteiger partial charge in [0.15, 0.2) is 5.13 Å². The number of nitrogens with zero attached hydrogens (tertiary/aromatic N) is 1. The number of hydrogen-bond acceptors (Lipinski definition) is 7. The molecule has 0 fully saturated rings. The Bertz CT molecular complexity index is 1750. The third-order valence-corrected chi connectivity index (χ3v) is 8.19. The smallest absolute Gasteiger partial charge is 0.272 e. The summed E-state index contributed by atoms with van der Waals surface area (Å²) in [5.41, 5.74) is 2.79. The highest BCUT2D eigenvalue weighted by atomic mass is 32.2. The minimum absolute atomic E-state index is 0.0169. The molecule has 2 aromatic heterocycles. The molecule has 0 aliphatic rings. The zero-order valence-electron chi connectivity index (χ0n) is 23.4. The third kappa shape index (κ3) is 7.88. The van der Waals surface area contributed by atoms with E-state index in [9.17, 15) is 14.4 Å². The van der Waals surface area contributed by atoms with Crippen molar-refractivity contribution < 1.29 is 18.8 Å². The first-order chi connectivity index (χ1) is 20.9. The van der Waals surface area contributed by atoms with E-state index in [-0.39, 0.29) is 11.6 Å². The van der Waals surface area contributed by atoms with E-state index in [0.29, 0.717) is 22.1 Å². The number of thioether (sulfide) groups is 1. The predicted octanol–water partition coefficient (Wildman–Crippen LogP) is 7.24. The summed E-state index contributed by atoms with van der Waals surface area (Å²) >= 11 is 2.79. The first kappa shape index (κ1) is 29.6. The van der Waals surface area contributed by atoms with Crippen LogP contribution in [0.25, 0.3) is 17.3 Å². The summed E-state index contributed by atoms with van der Waals surface area (Å²) in [6.07, 6.45) is 2.95. The first-order valence-electron chi connectivity index (χ1n) is 13.4. The Morgan fingerprint density at radius 1 is 0.907 bits per heavy atom. The molecule has 8 nitrogen and oxygen atoms in total. The first-order valence-corrected chi connectivity index (χ1v) is 15.1. The number of furan rings is 1. The molecule has 0 aliphatic heterocycles. The number of rotatable bonds is 10. The van der Waals surface area contributed by atoms with Gasteiger partial charge in [0.05, 0.1) is 17.2 Å². The lowest BCUT2D eigenvalue weighted by molar-refractivity contribution is -0.115. The van der Waals surface area contributed by atoms with E-state index in [1.54, 1.807) is 60.7 Å². The average molecular weight is 609 g/mol. The number of hydrogen-bond donors (Lipinski definition) is 3. The third-order valence-electron chi connectivity index (χ3n) is 6.21. The molecule has 0 spiro atoms. The molecular formula is C33H28N4O4S2. The number of carbonyl (C=O) groups is 3. The van der Waals surface area contributed by atoms with Gasteiger partial charge in [0.25, 0.3) is 11.8 Å². The Morgan fingerprint density at radius 2 is 1.65 bits per heavy atom. The molecule has 1 unspecified atom stereocenters. The fraction of sp³-hybridized carbons (Fsp3) is 0.0909. The fourth-order valence-corrected chi connectivity index (χ4v) is 5.85. The van der Waals surface area contributed by atoms with Gasteiger partial charge in [-0.15, -0.1) is 23.1 Å². The van der Waals surface area contributed by atoms with Crippen LogP contribution < -0.4 is 16.0 Å². The highest BCUT2D eigenvalue weighted by molar-refractivity contribution is 8.00. The van der Waals surface area contributed by atoms with Gasteiger partial charge >= 0.3 is 0 Å². The number of thiazole rings is 1. The Kier molecular flexibility index (Phi) is 9.50.